The Morgan fingerprint density at radius 2 is 2.11 bits per heavy atom. The highest BCUT2D eigenvalue weighted by molar-refractivity contribution is 7.09. The Kier molecular flexibility index (Phi) is 5.70. The van der Waals surface area contributed by atoms with Crippen LogP contribution in [0.15, 0.2) is 29.6 Å². The van der Waals surface area contributed by atoms with Gasteiger partial charge in [0.1, 0.15) is 10.8 Å². The molecule has 0 spiro atoms. The third-order valence-corrected chi connectivity index (χ3v) is 5.15. The Balaban J connectivity index is 1.52. The molecule has 0 radical (unpaired) electrons. The number of hydrogen-bond donors (Lipinski definition) is 2. The van der Waals surface area contributed by atoms with Gasteiger partial charge in [-0.05, 0) is 17.7 Å². The SMILES string of the molecule is COc1ccc(CN2C[C@@H](C(=O)NCc3nc(C(=O)O)cs3)CC2=O)cc1. The number of ether oxygens (including phenoxy) is 1. The van der Waals surface area contributed by atoms with E-state index in [1.165, 1.54) is 16.7 Å². The van der Waals surface area contributed by atoms with Crippen LogP contribution in [0.25, 0.3) is 0 Å². The van der Waals surface area contributed by atoms with Crippen LogP contribution in [0.2, 0.25) is 0 Å². The van der Waals surface area contributed by atoms with Gasteiger partial charge in [-0.25, -0.2) is 9.78 Å². The first-order valence-electron chi connectivity index (χ1n) is 8.32. The molecule has 1 aromatic carbocycles. The Hall–Kier alpha value is -2.94. The van der Waals surface area contributed by atoms with E-state index < -0.39 is 11.9 Å². The van der Waals surface area contributed by atoms with Gasteiger partial charge in [0, 0.05) is 24.9 Å². The Bertz CT molecular complexity index is 849. The van der Waals surface area contributed by atoms with Crippen LogP contribution in [-0.2, 0) is 22.7 Å². The fraction of sp³-hybridized carbons (Fsp3) is 0.333. The molecule has 2 amide bonds. The maximum atomic E-state index is 12.3. The third-order valence-electron chi connectivity index (χ3n) is 4.30. The van der Waals surface area contributed by atoms with E-state index in [1.807, 2.05) is 24.3 Å². The number of aromatic carboxylic acids is 1. The van der Waals surface area contributed by atoms with E-state index in [0.29, 0.717) is 18.1 Å². The lowest BCUT2D eigenvalue weighted by molar-refractivity contribution is -0.129. The smallest absolute Gasteiger partial charge is 0.355 e. The zero-order valence-corrected chi connectivity index (χ0v) is 15.5. The molecule has 1 aromatic heterocycles. The minimum atomic E-state index is -1.10. The molecule has 2 aromatic rings. The standard InChI is InChI=1S/C18H19N3O5S/c1-26-13-4-2-11(3-5-13)8-21-9-12(6-16(21)22)17(23)19-7-15-20-14(10-27-15)18(24)25/h2-5,10,12H,6-9H2,1H3,(H,19,23)(H,24,25)/t12-/m0/s1. The van der Waals surface area contributed by atoms with Gasteiger partial charge in [0.05, 0.1) is 19.6 Å². The lowest BCUT2D eigenvalue weighted by Crippen LogP contribution is -2.32. The first-order valence-corrected chi connectivity index (χ1v) is 9.20. The van der Waals surface area contributed by atoms with Gasteiger partial charge in [0.2, 0.25) is 11.8 Å². The van der Waals surface area contributed by atoms with Crippen LogP contribution < -0.4 is 10.1 Å². The van der Waals surface area contributed by atoms with Crippen LogP contribution in [0, 0.1) is 5.92 Å². The molecular weight excluding hydrogens is 370 g/mol. The monoisotopic (exact) mass is 389 g/mol. The molecular formula is C18H19N3O5S. The number of hydrogen-bond acceptors (Lipinski definition) is 6. The van der Waals surface area contributed by atoms with Crippen molar-refractivity contribution in [2.24, 2.45) is 5.92 Å². The minimum absolute atomic E-state index is 0.0361. The molecule has 8 nitrogen and oxygen atoms in total. The van der Waals surface area contributed by atoms with E-state index >= 15 is 0 Å². The molecule has 9 heteroatoms. The number of aromatic nitrogens is 1. The van der Waals surface area contributed by atoms with Crippen LogP contribution in [0.3, 0.4) is 0 Å². The molecule has 3 rings (SSSR count). The van der Waals surface area contributed by atoms with Crippen molar-refractivity contribution in [1.82, 2.24) is 15.2 Å². The predicted octanol–water partition coefficient (Wildman–Crippen LogP) is 1.51. The summed E-state index contributed by atoms with van der Waals surface area (Å²) in [6, 6.07) is 7.45. The average Bonchev–Trinajstić information content (AvgIpc) is 3.28. The molecule has 1 aliphatic rings. The number of nitrogens with zero attached hydrogens (tertiary/aromatic N) is 2. The number of benzene rings is 1. The average molecular weight is 389 g/mol. The maximum absolute atomic E-state index is 12.3. The van der Waals surface area contributed by atoms with Crippen molar-refractivity contribution < 1.29 is 24.2 Å². The summed E-state index contributed by atoms with van der Waals surface area (Å²) in [7, 11) is 1.59. The quantitative estimate of drug-likeness (QED) is 0.743. The normalized spacial score (nSPS) is 16.4. The number of carboxylic acid groups (broad SMARTS) is 1. The summed E-state index contributed by atoms with van der Waals surface area (Å²) < 4.78 is 5.12. The Labute approximate surface area is 159 Å². The summed E-state index contributed by atoms with van der Waals surface area (Å²) >= 11 is 1.17. The highest BCUT2D eigenvalue weighted by Gasteiger charge is 2.34. The van der Waals surface area contributed by atoms with Crippen molar-refractivity contribution in [3.8, 4) is 5.75 Å². The fourth-order valence-electron chi connectivity index (χ4n) is 2.85. The second-order valence-corrected chi connectivity index (χ2v) is 7.12. The number of thiazole rings is 1. The van der Waals surface area contributed by atoms with E-state index in [9.17, 15) is 14.4 Å². The summed E-state index contributed by atoms with van der Waals surface area (Å²) in [6.45, 7) is 0.954. The topological polar surface area (TPSA) is 109 Å². The van der Waals surface area contributed by atoms with E-state index in [1.54, 1.807) is 12.0 Å². The third kappa shape index (κ3) is 4.62. The summed E-state index contributed by atoms with van der Waals surface area (Å²) in [5.74, 6) is -1.06. The van der Waals surface area contributed by atoms with E-state index in [4.69, 9.17) is 9.84 Å². The molecule has 0 bridgehead atoms. The number of likely N-dealkylation sites (tertiary alicyclic amines) is 1. The van der Waals surface area contributed by atoms with Gasteiger partial charge in [-0.2, -0.15) is 0 Å². The lowest BCUT2D eigenvalue weighted by Gasteiger charge is -2.17. The summed E-state index contributed by atoms with van der Waals surface area (Å²) in [5, 5.41) is 13.5. The molecule has 27 heavy (non-hydrogen) atoms. The molecule has 1 atom stereocenters. The molecule has 2 N–H and O–H groups in total. The number of carbonyl (C=O) groups excluding carboxylic acids is 2. The first kappa shape index (κ1) is 18.8. The summed E-state index contributed by atoms with van der Waals surface area (Å²) in [6.07, 6.45) is 0.167. The van der Waals surface area contributed by atoms with Crippen LogP contribution in [0.5, 0.6) is 5.75 Å². The molecule has 0 aliphatic carbocycles. The molecule has 1 saturated heterocycles. The number of amides is 2. The summed E-state index contributed by atoms with van der Waals surface area (Å²) in [5.41, 5.74) is 0.931. The number of carbonyl (C=O) groups is 3. The number of nitrogens with one attached hydrogen (secondary N) is 1. The van der Waals surface area contributed by atoms with Crippen LogP contribution in [0.4, 0.5) is 0 Å². The largest absolute Gasteiger partial charge is 0.497 e. The Morgan fingerprint density at radius 1 is 1.37 bits per heavy atom. The molecule has 2 heterocycles. The van der Waals surface area contributed by atoms with Crippen LogP contribution in [0.1, 0.15) is 27.5 Å². The van der Waals surface area contributed by atoms with Crippen molar-refractivity contribution in [3.05, 3.63) is 45.9 Å². The van der Waals surface area contributed by atoms with E-state index in [0.717, 1.165) is 11.3 Å². The molecule has 1 aliphatic heterocycles. The molecule has 1 fully saturated rings. The van der Waals surface area contributed by atoms with Gasteiger partial charge in [0.25, 0.3) is 0 Å². The van der Waals surface area contributed by atoms with Gasteiger partial charge < -0.3 is 20.1 Å². The Morgan fingerprint density at radius 3 is 2.74 bits per heavy atom. The zero-order chi connectivity index (χ0) is 19.4. The second-order valence-electron chi connectivity index (χ2n) is 6.17. The maximum Gasteiger partial charge on any atom is 0.355 e. The van der Waals surface area contributed by atoms with Crippen LogP contribution >= 0.6 is 11.3 Å². The predicted molar refractivity (Wildman–Crippen MR) is 97.4 cm³/mol. The van der Waals surface area contributed by atoms with Gasteiger partial charge in [0.15, 0.2) is 5.69 Å². The van der Waals surface area contributed by atoms with E-state index in [-0.39, 0.29) is 30.5 Å². The van der Waals surface area contributed by atoms with Crippen molar-refractivity contribution in [2.45, 2.75) is 19.5 Å². The van der Waals surface area contributed by atoms with Crippen molar-refractivity contribution in [2.75, 3.05) is 13.7 Å². The number of methoxy groups -OCH3 is 1. The highest BCUT2D eigenvalue weighted by Crippen LogP contribution is 2.22. The molecule has 142 valence electrons. The summed E-state index contributed by atoms with van der Waals surface area (Å²) in [4.78, 5) is 41.0. The molecule has 0 saturated carbocycles. The zero-order valence-electron chi connectivity index (χ0n) is 14.7. The van der Waals surface area contributed by atoms with Crippen molar-refractivity contribution in [3.63, 3.8) is 0 Å². The van der Waals surface area contributed by atoms with Gasteiger partial charge in [-0.3, -0.25) is 9.59 Å². The lowest BCUT2D eigenvalue weighted by atomic mass is 10.1. The van der Waals surface area contributed by atoms with Crippen LogP contribution in [-0.4, -0.2) is 46.4 Å². The number of carboxylic acids is 1. The fourth-order valence-corrected chi connectivity index (χ4v) is 3.56. The van der Waals surface area contributed by atoms with Gasteiger partial charge >= 0.3 is 5.97 Å². The number of rotatable bonds is 7. The minimum Gasteiger partial charge on any atom is -0.497 e. The van der Waals surface area contributed by atoms with E-state index in [2.05, 4.69) is 10.3 Å². The molecule has 0 unspecified atom stereocenters. The van der Waals surface area contributed by atoms with Gasteiger partial charge in [-0.1, -0.05) is 12.1 Å². The first-order chi connectivity index (χ1) is 13.0. The van der Waals surface area contributed by atoms with Gasteiger partial charge in [-0.15, -0.1) is 11.3 Å². The van der Waals surface area contributed by atoms with Crippen molar-refractivity contribution in [1.29, 1.82) is 0 Å². The van der Waals surface area contributed by atoms with Crippen molar-refractivity contribution >= 4 is 29.1 Å². The second kappa shape index (κ2) is 8.17. The highest BCUT2D eigenvalue weighted by atomic mass is 32.1.